The Balaban J connectivity index is 2.91. The molecular weight excluding hydrogens is 247 g/mol. The molecule has 0 fully saturated rings. The molecule has 1 aliphatic rings. The Hall–Kier alpha value is -0.590. The van der Waals surface area contributed by atoms with Gasteiger partial charge in [-0.25, -0.2) is 4.39 Å². The summed E-state index contributed by atoms with van der Waals surface area (Å²) in [5.74, 6) is 0.842. The summed E-state index contributed by atoms with van der Waals surface area (Å²) in [7, 11) is 0. The summed E-state index contributed by atoms with van der Waals surface area (Å²) in [6.45, 7) is 13.2. The minimum Gasteiger partial charge on any atom is -0.211 e. The van der Waals surface area contributed by atoms with E-state index in [0.717, 1.165) is 24.8 Å². The summed E-state index contributed by atoms with van der Waals surface area (Å²) in [6, 6.07) is 0. The fourth-order valence-electron chi connectivity index (χ4n) is 3.42. The molecule has 0 spiro atoms. The molecule has 0 aromatic rings. The van der Waals surface area contributed by atoms with E-state index in [1.807, 2.05) is 0 Å². The quantitative estimate of drug-likeness (QED) is 0.479. The first-order valence-electron chi connectivity index (χ1n) is 8.42. The molecule has 1 aliphatic carbocycles. The molecule has 116 valence electrons. The van der Waals surface area contributed by atoms with Gasteiger partial charge in [-0.15, -0.1) is 0 Å². The van der Waals surface area contributed by atoms with Crippen molar-refractivity contribution in [2.75, 3.05) is 0 Å². The molecule has 1 unspecified atom stereocenters. The van der Waals surface area contributed by atoms with Gasteiger partial charge in [0.05, 0.1) is 0 Å². The van der Waals surface area contributed by atoms with Crippen LogP contribution in [0.3, 0.4) is 0 Å². The summed E-state index contributed by atoms with van der Waals surface area (Å²) in [5.41, 5.74) is 0.952. The Morgan fingerprint density at radius 2 is 1.75 bits per heavy atom. The zero-order valence-corrected chi connectivity index (χ0v) is 14.4. The zero-order chi connectivity index (χ0) is 15.4. The molecule has 0 bridgehead atoms. The molecule has 0 aromatic carbocycles. The van der Waals surface area contributed by atoms with Crippen LogP contribution in [0.5, 0.6) is 0 Å². The zero-order valence-electron chi connectivity index (χ0n) is 14.4. The van der Waals surface area contributed by atoms with E-state index in [9.17, 15) is 4.39 Å². The maximum atomic E-state index is 14.7. The third-order valence-electron chi connectivity index (χ3n) is 5.62. The van der Waals surface area contributed by atoms with E-state index in [1.165, 1.54) is 12.8 Å². The highest BCUT2D eigenvalue weighted by atomic mass is 19.1. The van der Waals surface area contributed by atoms with Crippen molar-refractivity contribution in [3.8, 4) is 0 Å². The van der Waals surface area contributed by atoms with Crippen molar-refractivity contribution in [2.45, 2.75) is 80.1 Å². The van der Waals surface area contributed by atoms with Gasteiger partial charge >= 0.3 is 0 Å². The molecule has 0 nitrogen and oxygen atoms in total. The van der Waals surface area contributed by atoms with Crippen molar-refractivity contribution in [3.63, 3.8) is 0 Å². The van der Waals surface area contributed by atoms with Gasteiger partial charge in [-0.2, -0.15) is 0 Å². The molecule has 0 aliphatic heterocycles. The normalized spacial score (nSPS) is 23.8. The fourth-order valence-corrected chi connectivity index (χ4v) is 3.42. The van der Waals surface area contributed by atoms with Crippen molar-refractivity contribution in [1.82, 2.24) is 0 Å². The van der Waals surface area contributed by atoms with Crippen LogP contribution in [0.15, 0.2) is 23.6 Å². The van der Waals surface area contributed by atoms with Crippen LogP contribution in [0.25, 0.3) is 0 Å². The third kappa shape index (κ3) is 3.74. The third-order valence-corrected chi connectivity index (χ3v) is 5.62. The summed E-state index contributed by atoms with van der Waals surface area (Å²) in [5, 5.41) is 0. The number of halogens is 1. The average molecular weight is 280 g/mol. The van der Waals surface area contributed by atoms with E-state index in [2.05, 4.69) is 53.7 Å². The van der Waals surface area contributed by atoms with Gasteiger partial charge in [-0.1, -0.05) is 66.5 Å². The lowest BCUT2D eigenvalue weighted by Gasteiger charge is -2.37. The SMILES string of the molecule is CCC(CC)CC1(C)C=CC(C(C)(CC)CC)=C(F)C1. The standard InChI is InChI=1S/C19H33F/c1-7-15(8-2)13-18(5)12-11-16(17(20)14-18)19(6,9-3)10-4/h11-12,15H,7-10,13-14H2,1-6H3. The van der Waals surface area contributed by atoms with E-state index in [4.69, 9.17) is 0 Å². The second kappa shape index (κ2) is 6.91. The first-order chi connectivity index (χ1) is 9.34. The van der Waals surface area contributed by atoms with Crippen LogP contribution in [0.4, 0.5) is 4.39 Å². The molecule has 1 atom stereocenters. The van der Waals surface area contributed by atoms with Crippen LogP contribution < -0.4 is 0 Å². The summed E-state index contributed by atoms with van der Waals surface area (Å²) in [4.78, 5) is 0. The van der Waals surface area contributed by atoms with Gasteiger partial charge in [0.1, 0.15) is 5.83 Å². The van der Waals surface area contributed by atoms with Crippen LogP contribution in [0.1, 0.15) is 80.1 Å². The average Bonchev–Trinajstić information content (AvgIpc) is 2.44. The highest BCUT2D eigenvalue weighted by Crippen LogP contribution is 2.47. The van der Waals surface area contributed by atoms with Gasteiger partial charge in [-0.05, 0) is 41.6 Å². The molecule has 0 amide bonds. The van der Waals surface area contributed by atoms with Crippen LogP contribution >= 0.6 is 0 Å². The molecule has 1 rings (SSSR count). The lowest BCUT2D eigenvalue weighted by Crippen LogP contribution is -2.25. The fraction of sp³-hybridized carbons (Fsp3) is 0.789. The van der Waals surface area contributed by atoms with E-state index in [-0.39, 0.29) is 16.7 Å². The van der Waals surface area contributed by atoms with Crippen molar-refractivity contribution in [3.05, 3.63) is 23.6 Å². The minimum absolute atomic E-state index is 0.00315. The molecular formula is C19H33F. The Bertz CT molecular complexity index is 369. The molecule has 20 heavy (non-hydrogen) atoms. The van der Waals surface area contributed by atoms with E-state index in [0.29, 0.717) is 12.3 Å². The highest BCUT2D eigenvalue weighted by molar-refractivity contribution is 5.34. The van der Waals surface area contributed by atoms with Gasteiger partial charge in [0, 0.05) is 6.42 Å². The molecule has 0 aromatic heterocycles. The maximum Gasteiger partial charge on any atom is 0.104 e. The summed E-state index contributed by atoms with van der Waals surface area (Å²) in [6.07, 6.45) is 10.5. The van der Waals surface area contributed by atoms with Gasteiger partial charge in [-0.3, -0.25) is 0 Å². The lowest BCUT2D eigenvalue weighted by molar-refractivity contribution is 0.261. The highest BCUT2D eigenvalue weighted by Gasteiger charge is 2.34. The largest absolute Gasteiger partial charge is 0.211 e. The first-order valence-corrected chi connectivity index (χ1v) is 8.42. The molecule has 0 N–H and O–H groups in total. The molecule has 0 radical (unpaired) electrons. The number of rotatable bonds is 7. The topological polar surface area (TPSA) is 0 Å². The molecule has 0 saturated carbocycles. The molecule has 1 heteroatoms. The number of hydrogen-bond donors (Lipinski definition) is 0. The monoisotopic (exact) mass is 280 g/mol. The van der Waals surface area contributed by atoms with Crippen molar-refractivity contribution in [1.29, 1.82) is 0 Å². The smallest absolute Gasteiger partial charge is 0.104 e. The number of hydrogen-bond acceptors (Lipinski definition) is 0. The maximum absolute atomic E-state index is 14.7. The van der Waals surface area contributed by atoms with Crippen LogP contribution in [-0.2, 0) is 0 Å². The van der Waals surface area contributed by atoms with Crippen LogP contribution in [0, 0.1) is 16.7 Å². The molecule has 0 heterocycles. The second-order valence-electron chi connectivity index (χ2n) is 7.14. The minimum atomic E-state index is -0.00315. The summed E-state index contributed by atoms with van der Waals surface area (Å²) < 4.78 is 14.7. The van der Waals surface area contributed by atoms with Crippen LogP contribution in [-0.4, -0.2) is 0 Å². The summed E-state index contributed by atoms with van der Waals surface area (Å²) >= 11 is 0. The van der Waals surface area contributed by atoms with Gasteiger partial charge in [0.2, 0.25) is 0 Å². The predicted octanol–water partition coefficient (Wildman–Crippen LogP) is 6.83. The Kier molecular flexibility index (Phi) is 6.04. The van der Waals surface area contributed by atoms with Gasteiger partial charge < -0.3 is 0 Å². The van der Waals surface area contributed by atoms with Gasteiger partial charge in [0.15, 0.2) is 0 Å². The Labute approximate surface area is 125 Å². The number of allylic oxidation sites excluding steroid dienone is 4. The van der Waals surface area contributed by atoms with E-state index >= 15 is 0 Å². The Morgan fingerprint density at radius 3 is 2.15 bits per heavy atom. The first kappa shape index (κ1) is 17.5. The Morgan fingerprint density at radius 1 is 1.20 bits per heavy atom. The predicted molar refractivity (Wildman–Crippen MR) is 87.4 cm³/mol. The second-order valence-corrected chi connectivity index (χ2v) is 7.14. The van der Waals surface area contributed by atoms with E-state index < -0.39 is 0 Å². The van der Waals surface area contributed by atoms with Gasteiger partial charge in [0.25, 0.3) is 0 Å². The van der Waals surface area contributed by atoms with Crippen molar-refractivity contribution >= 4 is 0 Å². The molecule has 0 saturated heterocycles. The van der Waals surface area contributed by atoms with E-state index in [1.54, 1.807) is 0 Å². The van der Waals surface area contributed by atoms with Crippen LogP contribution in [0.2, 0.25) is 0 Å². The lowest BCUT2D eigenvalue weighted by atomic mass is 9.68. The van der Waals surface area contributed by atoms with Crippen molar-refractivity contribution in [2.24, 2.45) is 16.7 Å². The van der Waals surface area contributed by atoms with Crippen molar-refractivity contribution < 1.29 is 4.39 Å².